The van der Waals surface area contributed by atoms with Crippen molar-refractivity contribution in [1.82, 2.24) is 14.4 Å². The number of imidazole rings is 1. The highest BCUT2D eigenvalue weighted by Crippen LogP contribution is 2.31. The van der Waals surface area contributed by atoms with E-state index in [9.17, 15) is 9.90 Å². The number of hydrogen-bond donors (Lipinski definition) is 2. The Morgan fingerprint density at radius 3 is 2.44 bits per heavy atom. The zero-order chi connectivity index (χ0) is 29.6. The fraction of sp³-hybridized carbons (Fsp3) is 0.0294. The van der Waals surface area contributed by atoms with E-state index in [-0.39, 0.29) is 12.2 Å². The number of aromatic carboxylic acids is 1. The Morgan fingerprint density at radius 2 is 1.74 bits per heavy atom. The molecule has 0 saturated carbocycles. The van der Waals surface area contributed by atoms with Gasteiger partial charge >= 0.3 is 5.97 Å². The summed E-state index contributed by atoms with van der Waals surface area (Å²) in [6, 6.07) is 33.7. The summed E-state index contributed by atoms with van der Waals surface area (Å²) in [6.07, 6.45) is 5.14. The Labute approximate surface area is 247 Å². The second-order valence-electron chi connectivity index (χ2n) is 9.62. The van der Waals surface area contributed by atoms with E-state index in [1.807, 2.05) is 83.4 Å². The van der Waals surface area contributed by atoms with Crippen LogP contribution in [-0.2, 0) is 11.4 Å². The van der Waals surface area contributed by atoms with Crippen LogP contribution in [0.3, 0.4) is 0 Å². The van der Waals surface area contributed by atoms with Crippen molar-refractivity contribution in [3.8, 4) is 28.6 Å². The zero-order valence-electron chi connectivity index (χ0n) is 22.8. The summed E-state index contributed by atoms with van der Waals surface area (Å²) >= 11 is 0. The van der Waals surface area contributed by atoms with Crippen LogP contribution in [-0.4, -0.2) is 31.7 Å². The van der Waals surface area contributed by atoms with Crippen molar-refractivity contribution in [2.45, 2.75) is 6.61 Å². The minimum absolute atomic E-state index is 0.214. The summed E-state index contributed by atoms with van der Waals surface area (Å²) in [6.45, 7) is 0.241. The lowest BCUT2D eigenvalue weighted by Crippen LogP contribution is -2.00. The molecule has 2 N–H and O–H groups in total. The number of benzene rings is 3. The minimum Gasteiger partial charge on any atom is -0.478 e. The van der Waals surface area contributed by atoms with Crippen molar-refractivity contribution in [2.24, 2.45) is 5.16 Å². The first-order chi connectivity index (χ1) is 21.1. The lowest BCUT2D eigenvalue weighted by atomic mass is 10.1. The molecule has 0 aliphatic heterocycles. The highest BCUT2D eigenvalue weighted by molar-refractivity contribution is 5.88. The number of hydrogen-bond acceptors (Lipinski definition) is 7. The van der Waals surface area contributed by atoms with Crippen LogP contribution in [0.15, 0.2) is 121 Å². The smallest absolute Gasteiger partial charge is 0.335 e. The van der Waals surface area contributed by atoms with Crippen molar-refractivity contribution in [2.75, 3.05) is 5.32 Å². The predicted molar refractivity (Wildman–Crippen MR) is 164 cm³/mol. The van der Waals surface area contributed by atoms with Crippen LogP contribution in [0, 0.1) is 11.3 Å². The molecule has 6 rings (SSSR count). The second-order valence-corrected chi connectivity index (χ2v) is 9.62. The van der Waals surface area contributed by atoms with Gasteiger partial charge in [-0.15, -0.1) is 0 Å². The van der Waals surface area contributed by atoms with Gasteiger partial charge in [0, 0.05) is 34.8 Å². The molecule has 3 aromatic carbocycles. The highest BCUT2D eigenvalue weighted by Gasteiger charge is 2.15. The van der Waals surface area contributed by atoms with Gasteiger partial charge in [-0.2, -0.15) is 5.26 Å². The lowest BCUT2D eigenvalue weighted by molar-refractivity contribution is 0.0697. The number of carbonyl (C=O) groups is 1. The molecular formula is C34H24N6O3. The summed E-state index contributed by atoms with van der Waals surface area (Å²) in [7, 11) is 0. The van der Waals surface area contributed by atoms with Crippen LogP contribution in [0.2, 0.25) is 0 Å². The fourth-order valence-corrected chi connectivity index (χ4v) is 4.50. The van der Waals surface area contributed by atoms with Gasteiger partial charge in [0.1, 0.15) is 29.8 Å². The maximum atomic E-state index is 11.3. The summed E-state index contributed by atoms with van der Waals surface area (Å²) in [5.41, 5.74) is 7.40. The number of aromatic nitrogens is 3. The molecule has 0 bridgehead atoms. The molecule has 3 heterocycles. The van der Waals surface area contributed by atoms with Crippen molar-refractivity contribution in [3.63, 3.8) is 0 Å². The molecule has 0 amide bonds. The van der Waals surface area contributed by atoms with Gasteiger partial charge in [0.2, 0.25) is 0 Å². The molecule has 208 valence electrons. The number of anilines is 2. The minimum atomic E-state index is -0.976. The number of rotatable bonds is 9. The van der Waals surface area contributed by atoms with Gasteiger partial charge in [0.25, 0.3) is 0 Å². The first-order valence-electron chi connectivity index (χ1n) is 13.4. The van der Waals surface area contributed by atoms with Crippen molar-refractivity contribution in [1.29, 1.82) is 5.26 Å². The maximum absolute atomic E-state index is 11.3. The van der Waals surface area contributed by atoms with Gasteiger partial charge in [0.15, 0.2) is 0 Å². The van der Waals surface area contributed by atoms with Crippen LogP contribution < -0.4 is 5.32 Å². The molecule has 0 fully saturated rings. The number of carboxylic acid groups (broad SMARTS) is 1. The molecule has 0 aliphatic rings. The van der Waals surface area contributed by atoms with Crippen LogP contribution in [0.4, 0.5) is 11.5 Å². The number of pyridine rings is 2. The van der Waals surface area contributed by atoms with E-state index in [0.717, 1.165) is 50.8 Å². The number of nitrogens with one attached hydrogen (secondary N) is 1. The van der Waals surface area contributed by atoms with Gasteiger partial charge in [-0.1, -0.05) is 65.8 Å². The quantitative estimate of drug-likeness (QED) is 0.144. The molecule has 9 heteroatoms. The summed E-state index contributed by atoms with van der Waals surface area (Å²) in [5.74, 6) is -0.234. The molecule has 0 spiro atoms. The van der Waals surface area contributed by atoms with Gasteiger partial charge in [-0.25, -0.2) is 9.78 Å². The second kappa shape index (κ2) is 12.1. The molecule has 9 nitrogen and oxygen atoms in total. The molecule has 0 aliphatic carbocycles. The monoisotopic (exact) mass is 564 g/mol. The van der Waals surface area contributed by atoms with Crippen molar-refractivity contribution >= 4 is 29.3 Å². The largest absolute Gasteiger partial charge is 0.478 e. The van der Waals surface area contributed by atoms with Crippen molar-refractivity contribution in [3.05, 3.63) is 138 Å². The Bertz CT molecular complexity index is 1960. The van der Waals surface area contributed by atoms with E-state index in [1.54, 1.807) is 42.7 Å². The highest BCUT2D eigenvalue weighted by atomic mass is 16.6. The first-order valence-corrected chi connectivity index (χ1v) is 13.4. The Balaban J connectivity index is 1.19. The average Bonchev–Trinajstić information content (AvgIpc) is 3.41. The van der Waals surface area contributed by atoms with E-state index in [1.165, 1.54) is 0 Å². The van der Waals surface area contributed by atoms with Gasteiger partial charge in [0.05, 0.1) is 23.0 Å². The topological polar surface area (TPSA) is 125 Å². The normalized spacial score (nSPS) is 11.0. The van der Waals surface area contributed by atoms with Crippen LogP contribution in [0.25, 0.3) is 28.2 Å². The molecule has 0 atom stereocenters. The molecule has 0 unspecified atom stereocenters. The first kappa shape index (κ1) is 26.9. The summed E-state index contributed by atoms with van der Waals surface area (Å²) in [5, 5.41) is 25.8. The van der Waals surface area contributed by atoms with Crippen LogP contribution in [0.5, 0.6) is 0 Å². The molecule has 0 radical (unpaired) electrons. The molecule has 6 aromatic rings. The molecule has 0 saturated heterocycles. The van der Waals surface area contributed by atoms with Crippen LogP contribution in [0.1, 0.15) is 27.0 Å². The number of oxime groups is 1. The predicted octanol–water partition coefficient (Wildman–Crippen LogP) is 6.93. The van der Waals surface area contributed by atoms with E-state index >= 15 is 0 Å². The SMILES string of the molecule is N#Cc1ccc(-c2ccc(C=NOCc3ccc4nc(-c5ccccc5)c(Nc5ccc(C(=O)O)cc5)n4c3)cc2)nc1. The third kappa shape index (κ3) is 6.09. The third-order valence-corrected chi connectivity index (χ3v) is 6.73. The number of nitrogens with zero attached hydrogens (tertiary/aromatic N) is 5. The number of fused-ring (bicyclic) bond motifs is 1. The maximum Gasteiger partial charge on any atom is 0.335 e. The van der Waals surface area contributed by atoms with Crippen molar-refractivity contribution < 1.29 is 14.7 Å². The van der Waals surface area contributed by atoms with E-state index in [0.29, 0.717) is 5.56 Å². The third-order valence-electron chi connectivity index (χ3n) is 6.73. The van der Waals surface area contributed by atoms with Gasteiger partial charge < -0.3 is 15.3 Å². The van der Waals surface area contributed by atoms with E-state index < -0.39 is 5.97 Å². The summed E-state index contributed by atoms with van der Waals surface area (Å²) < 4.78 is 1.95. The Kier molecular flexibility index (Phi) is 7.56. The standard InChI is InChI=1S/C34H24N6O3/c35-18-24-8-16-30(36-19-24)26-10-6-23(7-11-26)20-37-43-22-25-9-17-31-39-32(27-4-2-1-3-5-27)33(40(31)21-25)38-29-14-12-28(13-15-29)34(41)42/h1-17,19-21,38H,22H2,(H,41,42). The van der Waals surface area contributed by atoms with Gasteiger partial charge in [-0.05, 0) is 48.0 Å². The Morgan fingerprint density at radius 1 is 0.953 bits per heavy atom. The molecule has 43 heavy (non-hydrogen) atoms. The number of nitriles is 1. The lowest BCUT2D eigenvalue weighted by Gasteiger charge is -2.10. The summed E-state index contributed by atoms with van der Waals surface area (Å²) in [4.78, 5) is 26.1. The van der Waals surface area contributed by atoms with Gasteiger partial charge in [-0.3, -0.25) is 9.38 Å². The fourth-order valence-electron chi connectivity index (χ4n) is 4.50. The molecular weight excluding hydrogens is 540 g/mol. The molecule has 3 aromatic heterocycles. The van der Waals surface area contributed by atoms with Crippen LogP contribution >= 0.6 is 0 Å². The average molecular weight is 565 g/mol. The van der Waals surface area contributed by atoms with E-state index in [2.05, 4.69) is 21.5 Å². The zero-order valence-corrected chi connectivity index (χ0v) is 22.8. The van der Waals surface area contributed by atoms with E-state index in [4.69, 9.17) is 15.1 Å². The Hall–Kier alpha value is -6.27. The number of carboxylic acids is 1.